The predicted molar refractivity (Wildman–Crippen MR) is 108 cm³/mol. The second-order valence-corrected chi connectivity index (χ2v) is 7.03. The van der Waals surface area contributed by atoms with Crippen molar-refractivity contribution >= 4 is 11.6 Å². The molecule has 0 unspecified atom stereocenters. The average Bonchev–Trinajstić information content (AvgIpc) is 2.69. The third kappa shape index (κ3) is 5.61. The molecule has 0 bridgehead atoms. The fourth-order valence-electron chi connectivity index (χ4n) is 3.23. The van der Waals surface area contributed by atoms with E-state index in [0.29, 0.717) is 18.4 Å². The van der Waals surface area contributed by atoms with Crippen LogP contribution in [0, 0.1) is 5.92 Å². The molecule has 6 heteroatoms. The normalized spacial score (nSPS) is 20.1. The second kappa shape index (κ2) is 9.26. The first-order valence-corrected chi connectivity index (χ1v) is 9.45. The Labute approximate surface area is 160 Å². The van der Waals surface area contributed by atoms with Gasteiger partial charge in [-0.15, -0.1) is 0 Å². The molecule has 0 radical (unpaired) electrons. The Balaban J connectivity index is 1.58. The summed E-state index contributed by atoms with van der Waals surface area (Å²) in [6, 6.07) is 11.5. The Hall–Kier alpha value is -2.76. The molecular weight excluding hydrogens is 340 g/mol. The maximum absolute atomic E-state index is 6.05. The number of nitrogens with one attached hydrogen (secondary N) is 1. The van der Waals surface area contributed by atoms with Crippen LogP contribution in [0.3, 0.4) is 0 Å². The summed E-state index contributed by atoms with van der Waals surface area (Å²) in [5, 5.41) is 3.07. The van der Waals surface area contributed by atoms with E-state index in [1.807, 2.05) is 36.4 Å². The molecule has 0 saturated heterocycles. The molecule has 0 aliphatic heterocycles. The third-order valence-corrected chi connectivity index (χ3v) is 4.85. The zero-order valence-corrected chi connectivity index (χ0v) is 16.0. The smallest absolute Gasteiger partial charge is 0.213 e. The van der Waals surface area contributed by atoms with Crippen molar-refractivity contribution in [2.75, 3.05) is 12.4 Å². The van der Waals surface area contributed by atoms with Gasteiger partial charge in [0, 0.05) is 12.3 Å². The van der Waals surface area contributed by atoms with Gasteiger partial charge >= 0.3 is 0 Å². The highest BCUT2D eigenvalue weighted by Gasteiger charge is 2.19. The van der Waals surface area contributed by atoms with Crippen molar-refractivity contribution in [1.82, 2.24) is 4.98 Å². The minimum atomic E-state index is 0.268. The quantitative estimate of drug-likeness (QED) is 0.595. The molecule has 0 amide bonds. The summed E-state index contributed by atoms with van der Waals surface area (Å²) >= 11 is 0. The Morgan fingerprint density at radius 3 is 2.78 bits per heavy atom. The summed E-state index contributed by atoms with van der Waals surface area (Å²) in [4.78, 5) is 8.74. The van der Waals surface area contributed by atoms with Crippen molar-refractivity contribution in [2.24, 2.45) is 16.6 Å². The lowest BCUT2D eigenvalue weighted by molar-refractivity contribution is 0.130. The summed E-state index contributed by atoms with van der Waals surface area (Å²) < 4.78 is 11.4. The minimum absolute atomic E-state index is 0.268. The molecule has 1 aromatic heterocycles. The molecule has 2 aromatic rings. The van der Waals surface area contributed by atoms with Crippen LogP contribution in [0.1, 0.15) is 38.2 Å². The summed E-state index contributed by atoms with van der Waals surface area (Å²) in [7, 11) is 1.62. The van der Waals surface area contributed by atoms with Crippen LogP contribution >= 0.6 is 0 Å². The summed E-state index contributed by atoms with van der Waals surface area (Å²) in [6.45, 7) is 2.76. The summed E-state index contributed by atoms with van der Waals surface area (Å²) in [5.74, 6) is 2.52. The van der Waals surface area contributed by atoms with E-state index in [4.69, 9.17) is 15.2 Å². The molecule has 0 spiro atoms. The first-order valence-electron chi connectivity index (χ1n) is 9.45. The average molecular weight is 368 g/mol. The van der Waals surface area contributed by atoms with Crippen LogP contribution in [0.2, 0.25) is 0 Å². The van der Waals surface area contributed by atoms with E-state index < -0.39 is 0 Å². The van der Waals surface area contributed by atoms with E-state index in [0.717, 1.165) is 35.8 Å². The number of aliphatic imine (C=N–C) groups is 1. The fraction of sp³-hybridized carbons (Fsp3) is 0.429. The molecule has 1 aliphatic rings. The van der Waals surface area contributed by atoms with Gasteiger partial charge in [-0.05, 0) is 55.4 Å². The van der Waals surface area contributed by atoms with Gasteiger partial charge < -0.3 is 20.5 Å². The lowest BCUT2D eigenvalue weighted by Crippen LogP contribution is -2.23. The topological polar surface area (TPSA) is 81.8 Å². The van der Waals surface area contributed by atoms with E-state index in [1.165, 1.54) is 12.8 Å². The van der Waals surface area contributed by atoms with E-state index in [1.54, 1.807) is 13.3 Å². The predicted octanol–water partition coefficient (Wildman–Crippen LogP) is 3.97. The molecule has 6 nitrogen and oxygen atoms in total. The number of nitrogens with two attached hydrogens (primary N) is 1. The Morgan fingerprint density at radius 2 is 2.00 bits per heavy atom. The highest BCUT2D eigenvalue weighted by Crippen LogP contribution is 2.27. The van der Waals surface area contributed by atoms with Gasteiger partial charge in [-0.25, -0.2) is 9.98 Å². The summed E-state index contributed by atoms with van der Waals surface area (Å²) in [6.07, 6.45) is 6.67. The first kappa shape index (κ1) is 19.0. The molecule has 3 N–H and O–H groups in total. The highest BCUT2D eigenvalue weighted by molar-refractivity contribution is 5.93. The number of rotatable bonds is 6. The second-order valence-electron chi connectivity index (χ2n) is 7.03. The van der Waals surface area contributed by atoms with Crippen LogP contribution in [0.25, 0.3) is 0 Å². The van der Waals surface area contributed by atoms with Gasteiger partial charge in [-0.2, -0.15) is 0 Å². The Kier molecular flexibility index (Phi) is 6.52. The SMILES string of the molecule is COc1ccccc1NC(N)=NCc1ccnc(OC2CCC(C)CC2)c1. The van der Waals surface area contributed by atoms with Crippen LogP contribution in [0.5, 0.6) is 11.6 Å². The number of hydrogen-bond donors (Lipinski definition) is 2. The molecule has 27 heavy (non-hydrogen) atoms. The number of methoxy groups -OCH3 is 1. The number of hydrogen-bond acceptors (Lipinski definition) is 4. The molecule has 1 aliphatic carbocycles. The highest BCUT2D eigenvalue weighted by atomic mass is 16.5. The molecular formula is C21H28N4O2. The van der Waals surface area contributed by atoms with E-state index in [-0.39, 0.29) is 6.10 Å². The first-order chi connectivity index (χ1) is 13.1. The number of guanidine groups is 1. The molecule has 1 aromatic carbocycles. The molecule has 0 atom stereocenters. The number of ether oxygens (including phenoxy) is 2. The number of benzene rings is 1. The van der Waals surface area contributed by atoms with Crippen molar-refractivity contribution in [2.45, 2.75) is 45.3 Å². The number of pyridine rings is 1. The van der Waals surface area contributed by atoms with E-state index in [2.05, 4.69) is 22.2 Å². The van der Waals surface area contributed by atoms with Gasteiger partial charge in [0.05, 0.1) is 19.3 Å². The van der Waals surface area contributed by atoms with Crippen molar-refractivity contribution in [3.05, 3.63) is 48.2 Å². The molecule has 1 heterocycles. The van der Waals surface area contributed by atoms with Crippen molar-refractivity contribution in [1.29, 1.82) is 0 Å². The Morgan fingerprint density at radius 1 is 1.22 bits per heavy atom. The van der Waals surface area contributed by atoms with Gasteiger partial charge in [-0.1, -0.05) is 19.1 Å². The largest absolute Gasteiger partial charge is 0.495 e. The van der Waals surface area contributed by atoms with Crippen molar-refractivity contribution in [3.63, 3.8) is 0 Å². The number of nitrogens with zero attached hydrogens (tertiary/aromatic N) is 2. The number of para-hydroxylation sites is 2. The lowest BCUT2D eigenvalue weighted by atomic mass is 9.89. The van der Waals surface area contributed by atoms with Gasteiger partial charge in [0.25, 0.3) is 0 Å². The minimum Gasteiger partial charge on any atom is -0.495 e. The van der Waals surface area contributed by atoms with Crippen LogP contribution in [-0.2, 0) is 6.54 Å². The standard InChI is InChI=1S/C21H28N4O2/c1-15-7-9-17(10-8-15)27-20-13-16(11-12-23-20)14-24-21(22)25-18-5-3-4-6-19(18)26-2/h3-6,11-13,15,17H,7-10,14H2,1-2H3,(H3,22,24,25). The fourth-order valence-corrected chi connectivity index (χ4v) is 3.23. The van der Waals surface area contributed by atoms with Gasteiger partial charge in [0.15, 0.2) is 5.96 Å². The number of anilines is 1. The molecule has 1 fully saturated rings. The van der Waals surface area contributed by atoms with Crippen molar-refractivity contribution < 1.29 is 9.47 Å². The van der Waals surface area contributed by atoms with Crippen LogP contribution < -0.4 is 20.5 Å². The molecule has 1 saturated carbocycles. The third-order valence-electron chi connectivity index (χ3n) is 4.85. The van der Waals surface area contributed by atoms with Crippen molar-refractivity contribution in [3.8, 4) is 11.6 Å². The van der Waals surface area contributed by atoms with Crippen LogP contribution in [-0.4, -0.2) is 24.2 Å². The van der Waals surface area contributed by atoms with Gasteiger partial charge in [-0.3, -0.25) is 0 Å². The van der Waals surface area contributed by atoms with Gasteiger partial charge in [0.2, 0.25) is 5.88 Å². The van der Waals surface area contributed by atoms with Crippen LogP contribution in [0.4, 0.5) is 5.69 Å². The zero-order valence-electron chi connectivity index (χ0n) is 16.0. The van der Waals surface area contributed by atoms with Crippen LogP contribution in [0.15, 0.2) is 47.6 Å². The number of aromatic nitrogens is 1. The summed E-state index contributed by atoms with van der Waals surface area (Å²) in [5.41, 5.74) is 7.81. The van der Waals surface area contributed by atoms with Gasteiger partial charge in [0.1, 0.15) is 11.9 Å². The monoisotopic (exact) mass is 368 g/mol. The van der Waals surface area contributed by atoms with E-state index in [9.17, 15) is 0 Å². The maximum atomic E-state index is 6.05. The Bertz CT molecular complexity index is 770. The lowest BCUT2D eigenvalue weighted by Gasteiger charge is -2.26. The maximum Gasteiger partial charge on any atom is 0.213 e. The zero-order chi connectivity index (χ0) is 19.1. The van der Waals surface area contributed by atoms with E-state index >= 15 is 0 Å². The molecule has 144 valence electrons. The molecule has 3 rings (SSSR count).